The first-order chi connectivity index (χ1) is 12.7. The second kappa shape index (κ2) is 8.65. The maximum Gasteiger partial charge on any atom is 0.269 e. The minimum Gasteiger partial charge on any atom is -0.368 e. The average molecular weight is 356 g/mol. The zero-order chi connectivity index (χ0) is 18.4. The van der Waals surface area contributed by atoms with Crippen molar-refractivity contribution in [1.29, 1.82) is 0 Å². The first-order valence-electron chi connectivity index (χ1n) is 9.17. The molecule has 1 fully saturated rings. The maximum atomic E-state index is 13.1. The number of carbonyl (C=O) groups excluding carboxylic acids is 1. The predicted octanol–water partition coefficient (Wildman–Crippen LogP) is 3.08. The number of rotatable bonds is 6. The molecule has 1 amide bonds. The van der Waals surface area contributed by atoms with Crippen LogP contribution in [0.1, 0.15) is 30.3 Å². The van der Waals surface area contributed by atoms with E-state index in [1.54, 1.807) is 6.20 Å². The smallest absolute Gasteiger partial charge is 0.269 e. The highest BCUT2D eigenvalue weighted by atomic mass is 19.1. The molecule has 2 heterocycles. The fourth-order valence-corrected chi connectivity index (χ4v) is 3.08. The number of halogens is 1. The van der Waals surface area contributed by atoms with Crippen LogP contribution in [0.15, 0.2) is 42.6 Å². The van der Waals surface area contributed by atoms with Crippen LogP contribution in [0.2, 0.25) is 0 Å². The van der Waals surface area contributed by atoms with Crippen molar-refractivity contribution in [2.45, 2.75) is 19.8 Å². The molecule has 0 saturated carbocycles. The Morgan fingerprint density at radius 3 is 2.38 bits per heavy atom. The van der Waals surface area contributed by atoms with E-state index in [0.29, 0.717) is 12.2 Å². The van der Waals surface area contributed by atoms with Crippen molar-refractivity contribution in [2.75, 3.05) is 42.5 Å². The standard InChI is InChI=1S/C20H25FN4O/c1-2-3-9-23-20(26)19-15-18(8-10-22-19)25-13-11-24(12-14-25)17-6-4-16(21)5-7-17/h4-8,10,15H,2-3,9,11-14H2,1H3,(H,23,26). The number of benzene rings is 1. The second-order valence-corrected chi connectivity index (χ2v) is 6.46. The number of piperazine rings is 1. The van der Waals surface area contributed by atoms with Gasteiger partial charge >= 0.3 is 0 Å². The monoisotopic (exact) mass is 356 g/mol. The van der Waals surface area contributed by atoms with E-state index in [2.05, 4.69) is 27.0 Å². The van der Waals surface area contributed by atoms with E-state index < -0.39 is 0 Å². The van der Waals surface area contributed by atoms with Crippen molar-refractivity contribution in [2.24, 2.45) is 0 Å². The van der Waals surface area contributed by atoms with Gasteiger partial charge in [-0.3, -0.25) is 9.78 Å². The molecule has 26 heavy (non-hydrogen) atoms. The number of pyridine rings is 1. The van der Waals surface area contributed by atoms with Gasteiger partial charge in [0.1, 0.15) is 11.5 Å². The quantitative estimate of drug-likeness (QED) is 0.808. The van der Waals surface area contributed by atoms with Crippen LogP contribution in [0.5, 0.6) is 0 Å². The lowest BCUT2D eigenvalue weighted by Crippen LogP contribution is -2.46. The lowest BCUT2D eigenvalue weighted by molar-refractivity contribution is 0.0948. The fourth-order valence-electron chi connectivity index (χ4n) is 3.08. The molecule has 0 unspecified atom stereocenters. The topological polar surface area (TPSA) is 48.5 Å². The number of anilines is 2. The molecule has 2 aromatic rings. The third kappa shape index (κ3) is 4.50. The summed E-state index contributed by atoms with van der Waals surface area (Å²) >= 11 is 0. The molecule has 138 valence electrons. The van der Waals surface area contributed by atoms with Crippen LogP contribution in [-0.2, 0) is 0 Å². The van der Waals surface area contributed by atoms with E-state index in [0.717, 1.165) is 50.4 Å². The minimum atomic E-state index is -0.214. The SMILES string of the molecule is CCCCNC(=O)c1cc(N2CCN(c3ccc(F)cc3)CC2)ccn1. The Labute approximate surface area is 153 Å². The summed E-state index contributed by atoms with van der Waals surface area (Å²) in [6, 6.07) is 10.4. The van der Waals surface area contributed by atoms with Crippen LogP contribution >= 0.6 is 0 Å². The summed E-state index contributed by atoms with van der Waals surface area (Å²) in [6.07, 6.45) is 3.71. The largest absolute Gasteiger partial charge is 0.368 e. The van der Waals surface area contributed by atoms with E-state index >= 15 is 0 Å². The third-order valence-corrected chi connectivity index (χ3v) is 4.63. The van der Waals surface area contributed by atoms with E-state index in [4.69, 9.17) is 0 Å². The van der Waals surface area contributed by atoms with Crippen LogP contribution in [0, 0.1) is 5.82 Å². The Hall–Kier alpha value is -2.63. The molecule has 1 aliphatic heterocycles. The number of amides is 1. The van der Waals surface area contributed by atoms with Crippen molar-refractivity contribution in [3.05, 3.63) is 54.1 Å². The summed E-state index contributed by atoms with van der Waals surface area (Å²) in [5, 5.41) is 2.90. The van der Waals surface area contributed by atoms with Crippen LogP contribution in [0.3, 0.4) is 0 Å². The van der Waals surface area contributed by atoms with Crippen LogP contribution < -0.4 is 15.1 Å². The predicted molar refractivity (Wildman–Crippen MR) is 102 cm³/mol. The first-order valence-corrected chi connectivity index (χ1v) is 9.17. The van der Waals surface area contributed by atoms with E-state index in [-0.39, 0.29) is 11.7 Å². The van der Waals surface area contributed by atoms with Gasteiger partial charge in [0.25, 0.3) is 5.91 Å². The summed E-state index contributed by atoms with van der Waals surface area (Å²) in [7, 11) is 0. The Morgan fingerprint density at radius 2 is 1.73 bits per heavy atom. The number of carbonyl (C=O) groups is 1. The van der Waals surface area contributed by atoms with Gasteiger partial charge in [0.05, 0.1) is 0 Å². The Morgan fingerprint density at radius 1 is 1.08 bits per heavy atom. The van der Waals surface area contributed by atoms with Crippen molar-refractivity contribution in [1.82, 2.24) is 10.3 Å². The normalized spacial score (nSPS) is 14.4. The fraction of sp³-hybridized carbons (Fsp3) is 0.400. The van der Waals surface area contributed by atoms with Gasteiger partial charge in [-0.25, -0.2) is 4.39 Å². The van der Waals surface area contributed by atoms with Gasteiger partial charge in [-0.2, -0.15) is 0 Å². The molecule has 1 saturated heterocycles. The first kappa shape index (κ1) is 18.2. The molecule has 0 atom stereocenters. The summed E-state index contributed by atoms with van der Waals surface area (Å²) in [5.41, 5.74) is 2.51. The number of aromatic nitrogens is 1. The Bertz CT molecular complexity index is 727. The maximum absolute atomic E-state index is 13.1. The molecule has 0 bridgehead atoms. The zero-order valence-electron chi connectivity index (χ0n) is 15.1. The van der Waals surface area contributed by atoms with E-state index in [1.165, 1.54) is 12.1 Å². The molecule has 5 nitrogen and oxygen atoms in total. The van der Waals surface area contributed by atoms with Gasteiger partial charge in [0, 0.05) is 50.3 Å². The summed E-state index contributed by atoms with van der Waals surface area (Å²) < 4.78 is 13.1. The van der Waals surface area contributed by atoms with Crippen molar-refractivity contribution >= 4 is 17.3 Å². The van der Waals surface area contributed by atoms with Crippen molar-refractivity contribution < 1.29 is 9.18 Å². The molecule has 0 aliphatic carbocycles. The minimum absolute atomic E-state index is 0.120. The molecule has 6 heteroatoms. The number of nitrogens with one attached hydrogen (secondary N) is 1. The van der Waals surface area contributed by atoms with Crippen molar-refractivity contribution in [3.8, 4) is 0 Å². The highest BCUT2D eigenvalue weighted by molar-refractivity contribution is 5.93. The lowest BCUT2D eigenvalue weighted by atomic mass is 10.2. The van der Waals surface area contributed by atoms with Gasteiger partial charge < -0.3 is 15.1 Å². The third-order valence-electron chi connectivity index (χ3n) is 4.63. The Balaban J connectivity index is 1.59. The van der Waals surface area contributed by atoms with E-state index in [9.17, 15) is 9.18 Å². The number of nitrogens with zero attached hydrogens (tertiary/aromatic N) is 3. The van der Waals surface area contributed by atoms with Gasteiger partial charge in [-0.1, -0.05) is 13.3 Å². The highest BCUT2D eigenvalue weighted by Gasteiger charge is 2.19. The zero-order valence-corrected chi connectivity index (χ0v) is 15.1. The molecule has 1 N–H and O–H groups in total. The lowest BCUT2D eigenvalue weighted by Gasteiger charge is -2.37. The Kier molecular flexibility index (Phi) is 6.04. The van der Waals surface area contributed by atoms with Gasteiger partial charge in [0.15, 0.2) is 0 Å². The summed E-state index contributed by atoms with van der Waals surface area (Å²) in [5.74, 6) is -0.334. The highest BCUT2D eigenvalue weighted by Crippen LogP contribution is 2.21. The molecular weight excluding hydrogens is 331 g/mol. The number of hydrogen-bond donors (Lipinski definition) is 1. The summed E-state index contributed by atoms with van der Waals surface area (Å²) in [4.78, 5) is 20.9. The van der Waals surface area contributed by atoms with Gasteiger partial charge in [-0.15, -0.1) is 0 Å². The molecule has 3 rings (SSSR count). The van der Waals surface area contributed by atoms with Crippen LogP contribution in [0.4, 0.5) is 15.8 Å². The van der Waals surface area contributed by atoms with Gasteiger partial charge in [0.2, 0.25) is 0 Å². The molecule has 0 radical (unpaired) electrons. The van der Waals surface area contributed by atoms with E-state index in [1.807, 2.05) is 24.3 Å². The molecule has 1 aromatic carbocycles. The average Bonchev–Trinajstić information content (AvgIpc) is 2.69. The molecule has 1 aliphatic rings. The molecule has 0 spiro atoms. The van der Waals surface area contributed by atoms with Crippen LogP contribution in [0.25, 0.3) is 0 Å². The molecular formula is C20H25FN4O. The summed E-state index contributed by atoms with van der Waals surface area (Å²) in [6.45, 7) is 6.17. The van der Waals surface area contributed by atoms with Crippen LogP contribution in [-0.4, -0.2) is 43.6 Å². The van der Waals surface area contributed by atoms with Crippen molar-refractivity contribution in [3.63, 3.8) is 0 Å². The number of hydrogen-bond acceptors (Lipinski definition) is 4. The second-order valence-electron chi connectivity index (χ2n) is 6.46. The number of unbranched alkanes of at least 4 members (excludes halogenated alkanes) is 1. The van der Waals surface area contributed by atoms with Gasteiger partial charge in [-0.05, 0) is 42.8 Å². The molecule has 1 aromatic heterocycles.